The first kappa shape index (κ1) is 11.2. The van der Waals surface area contributed by atoms with Gasteiger partial charge in [0.2, 0.25) is 0 Å². The summed E-state index contributed by atoms with van der Waals surface area (Å²) in [5, 5.41) is 0. The monoisotopic (exact) mass is 163 g/mol. The molecule has 0 saturated heterocycles. The van der Waals surface area contributed by atoms with Gasteiger partial charge in [-0.3, -0.25) is 0 Å². The first-order chi connectivity index (χ1) is 5.70. The second-order valence-corrected chi connectivity index (χ2v) is 3.21. The summed E-state index contributed by atoms with van der Waals surface area (Å²) in [5.41, 5.74) is 2.82. The Morgan fingerprint density at radius 3 is 2.42 bits per heavy atom. The minimum Gasteiger partial charge on any atom is -0.0881 e. The van der Waals surface area contributed by atoms with Crippen LogP contribution in [0, 0.1) is 6.58 Å². The highest BCUT2D eigenvalue weighted by atomic mass is 14.0. The lowest BCUT2D eigenvalue weighted by molar-refractivity contribution is 0.929. The first-order valence-electron chi connectivity index (χ1n) is 4.51. The van der Waals surface area contributed by atoms with Gasteiger partial charge < -0.3 is 0 Å². The number of rotatable bonds is 5. The maximum atomic E-state index is 5.36. The van der Waals surface area contributed by atoms with Gasteiger partial charge in [0.1, 0.15) is 0 Å². The van der Waals surface area contributed by atoms with Crippen molar-refractivity contribution in [3.8, 4) is 0 Å². The first-order valence-corrected chi connectivity index (χ1v) is 4.51. The molecule has 0 nitrogen and oxygen atoms in total. The van der Waals surface area contributed by atoms with Crippen LogP contribution >= 0.6 is 0 Å². The average Bonchev–Trinajstić information content (AvgIpc) is 2.02. The third-order valence-corrected chi connectivity index (χ3v) is 1.81. The lowest BCUT2D eigenvalue weighted by atomic mass is 10.1. The molecule has 0 heteroatoms. The molecule has 0 aromatic rings. The summed E-state index contributed by atoms with van der Waals surface area (Å²) in [7, 11) is 0. The van der Waals surface area contributed by atoms with E-state index in [1.54, 1.807) is 6.08 Å². The molecule has 0 aromatic carbocycles. The minimum atomic E-state index is 0.924. The number of hydrogen-bond donors (Lipinski definition) is 0. The largest absolute Gasteiger partial charge is 0.0881 e. The smallest absolute Gasteiger partial charge is 0.0136 e. The van der Waals surface area contributed by atoms with E-state index in [1.807, 2.05) is 0 Å². The van der Waals surface area contributed by atoms with Gasteiger partial charge in [-0.15, -0.1) is 0 Å². The Hall–Kier alpha value is -0.780. The zero-order valence-corrected chi connectivity index (χ0v) is 8.43. The van der Waals surface area contributed by atoms with Gasteiger partial charge >= 0.3 is 0 Å². The van der Waals surface area contributed by atoms with Crippen LogP contribution in [-0.2, 0) is 0 Å². The van der Waals surface area contributed by atoms with Crippen molar-refractivity contribution in [1.29, 1.82) is 0 Å². The molecular weight excluding hydrogens is 144 g/mol. The molecule has 0 unspecified atom stereocenters. The zero-order chi connectivity index (χ0) is 9.40. The van der Waals surface area contributed by atoms with Crippen molar-refractivity contribution >= 4 is 0 Å². The Labute approximate surface area is 76.7 Å². The van der Waals surface area contributed by atoms with Crippen molar-refractivity contribution in [3.63, 3.8) is 0 Å². The zero-order valence-electron chi connectivity index (χ0n) is 8.43. The molecule has 0 heterocycles. The van der Waals surface area contributed by atoms with E-state index in [4.69, 9.17) is 6.58 Å². The molecule has 0 amide bonds. The molecule has 0 rings (SSSR count). The Bertz CT molecular complexity index is 178. The van der Waals surface area contributed by atoms with E-state index in [0.29, 0.717) is 0 Å². The van der Waals surface area contributed by atoms with E-state index in [1.165, 1.54) is 11.1 Å². The molecule has 1 radical (unpaired) electrons. The van der Waals surface area contributed by atoms with Gasteiger partial charge in [-0.05, 0) is 40.0 Å². The summed E-state index contributed by atoms with van der Waals surface area (Å²) in [4.78, 5) is 0. The summed E-state index contributed by atoms with van der Waals surface area (Å²) in [6.45, 7) is 11.7. The molecule has 0 aliphatic carbocycles. The van der Waals surface area contributed by atoms with E-state index in [-0.39, 0.29) is 0 Å². The second kappa shape index (κ2) is 6.90. The van der Waals surface area contributed by atoms with Gasteiger partial charge in [0, 0.05) is 0 Å². The second-order valence-electron chi connectivity index (χ2n) is 3.21. The Kier molecular flexibility index (Phi) is 6.45. The van der Waals surface area contributed by atoms with Crippen LogP contribution in [0.25, 0.3) is 0 Å². The summed E-state index contributed by atoms with van der Waals surface area (Å²) in [5.74, 6) is 0. The molecule has 0 aromatic heterocycles. The molecule has 12 heavy (non-hydrogen) atoms. The molecule has 0 aliphatic heterocycles. The van der Waals surface area contributed by atoms with E-state index in [9.17, 15) is 0 Å². The molecule has 0 spiro atoms. The van der Waals surface area contributed by atoms with Crippen molar-refractivity contribution in [2.24, 2.45) is 0 Å². The fourth-order valence-electron chi connectivity index (χ4n) is 1.06. The van der Waals surface area contributed by atoms with E-state index in [2.05, 4.69) is 32.9 Å². The molecule has 0 fully saturated rings. The molecule has 0 aliphatic rings. The Morgan fingerprint density at radius 2 is 2.00 bits per heavy atom. The van der Waals surface area contributed by atoms with Gasteiger partial charge in [-0.2, -0.15) is 0 Å². The third-order valence-electron chi connectivity index (χ3n) is 1.81. The predicted octanol–water partition coefficient (Wildman–Crippen LogP) is 4.06. The summed E-state index contributed by atoms with van der Waals surface area (Å²) < 4.78 is 0. The molecule has 0 atom stereocenters. The van der Waals surface area contributed by atoms with E-state index in [0.717, 1.165) is 19.3 Å². The van der Waals surface area contributed by atoms with Crippen LogP contribution in [0.3, 0.4) is 0 Å². The average molecular weight is 163 g/mol. The van der Waals surface area contributed by atoms with Gasteiger partial charge in [-0.1, -0.05) is 36.0 Å². The number of hydrogen-bond acceptors (Lipinski definition) is 0. The summed E-state index contributed by atoms with van der Waals surface area (Å²) in [6.07, 6.45) is 9.33. The number of allylic oxidation sites excluding steroid dienone is 5. The van der Waals surface area contributed by atoms with Crippen LogP contribution in [0.4, 0.5) is 0 Å². The quantitative estimate of drug-likeness (QED) is 0.536. The van der Waals surface area contributed by atoms with Crippen LogP contribution in [0.2, 0.25) is 0 Å². The van der Waals surface area contributed by atoms with Crippen molar-refractivity contribution < 1.29 is 0 Å². The standard InChI is InChI=1S/C12H19/c1-5-8-12(6-2)10-7-9-11(3)4/h1,5-6,9H,7-8,10H2,2-4H3. The maximum absolute atomic E-state index is 5.36. The third kappa shape index (κ3) is 5.96. The molecular formula is C12H19. The van der Waals surface area contributed by atoms with Crippen LogP contribution < -0.4 is 0 Å². The van der Waals surface area contributed by atoms with Gasteiger partial charge in [0.05, 0.1) is 0 Å². The van der Waals surface area contributed by atoms with Gasteiger partial charge in [0.25, 0.3) is 0 Å². The fraction of sp³-hybridized carbons (Fsp3) is 0.500. The van der Waals surface area contributed by atoms with Crippen LogP contribution in [-0.4, -0.2) is 0 Å². The summed E-state index contributed by atoms with van der Waals surface area (Å²) >= 11 is 0. The van der Waals surface area contributed by atoms with Crippen LogP contribution in [0.1, 0.15) is 40.0 Å². The molecule has 0 bridgehead atoms. The lowest BCUT2D eigenvalue weighted by Crippen LogP contribution is -1.80. The van der Waals surface area contributed by atoms with Crippen LogP contribution in [0.15, 0.2) is 29.4 Å². The SMILES string of the molecule is [CH]=CCC(=CC)CCC=C(C)C. The highest BCUT2D eigenvalue weighted by Crippen LogP contribution is 2.11. The highest BCUT2D eigenvalue weighted by molar-refractivity contribution is 5.06. The van der Waals surface area contributed by atoms with E-state index < -0.39 is 0 Å². The van der Waals surface area contributed by atoms with E-state index >= 15 is 0 Å². The highest BCUT2D eigenvalue weighted by Gasteiger charge is 1.91. The topological polar surface area (TPSA) is 0 Å². The molecule has 0 N–H and O–H groups in total. The fourth-order valence-corrected chi connectivity index (χ4v) is 1.06. The molecule has 0 saturated carbocycles. The lowest BCUT2D eigenvalue weighted by Gasteiger charge is -2.00. The Balaban J connectivity index is 3.74. The maximum Gasteiger partial charge on any atom is -0.0136 e. The van der Waals surface area contributed by atoms with Gasteiger partial charge in [0.15, 0.2) is 0 Å². The molecule has 67 valence electrons. The summed E-state index contributed by atoms with van der Waals surface area (Å²) in [6, 6.07) is 0. The van der Waals surface area contributed by atoms with Crippen molar-refractivity contribution in [3.05, 3.63) is 36.0 Å². The Morgan fingerprint density at radius 1 is 1.33 bits per heavy atom. The minimum absolute atomic E-state index is 0.924. The predicted molar refractivity (Wildman–Crippen MR) is 55.9 cm³/mol. The van der Waals surface area contributed by atoms with Crippen molar-refractivity contribution in [2.45, 2.75) is 40.0 Å². The normalized spacial score (nSPS) is 11.1. The van der Waals surface area contributed by atoms with Crippen molar-refractivity contribution in [2.75, 3.05) is 0 Å². The van der Waals surface area contributed by atoms with Crippen LogP contribution in [0.5, 0.6) is 0 Å². The van der Waals surface area contributed by atoms with Gasteiger partial charge in [-0.25, -0.2) is 0 Å². The van der Waals surface area contributed by atoms with Crippen molar-refractivity contribution in [1.82, 2.24) is 0 Å².